The van der Waals surface area contributed by atoms with Gasteiger partial charge in [0.05, 0.1) is 36.1 Å². The van der Waals surface area contributed by atoms with E-state index in [1.54, 1.807) is 7.11 Å². The van der Waals surface area contributed by atoms with E-state index in [0.717, 1.165) is 16.2 Å². The fourth-order valence-electron chi connectivity index (χ4n) is 2.82. The fourth-order valence-corrected chi connectivity index (χ4v) is 4.02. The van der Waals surface area contributed by atoms with Gasteiger partial charge in [-0.1, -0.05) is 23.4 Å². The zero-order valence-corrected chi connectivity index (χ0v) is 16.0. The number of aromatic nitrogens is 2. The second kappa shape index (κ2) is 8.40. The molecule has 0 radical (unpaired) electrons. The van der Waals surface area contributed by atoms with Gasteiger partial charge in [-0.15, -0.1) is 0 Å². The van der Waals surface area contributed by atoms with Gasteiger partial charge in [0.2, 0.25) is 5.91 Å². The third-order valence-corrected chi connectivity index (χ3v) is 5.46. The number of rotatable bonds is 6. The van der Waals surface area contributed by atoms with Crippen LogP contribution in [-0.4, -0.2) is 65.6 Å². The number of ether oxygens (including phenoxy) is 2. The maximum atomic E-state index is 12.7. The van der Waals surface area contributed by atoms with Crippen LogP contribution < -0.4 is 0 Å². The van der Waals surface area contributed by atoms with Crippen molar-refractivity contribution in [1.82, 2.24) is 14.5 Å². The Labute approximate surface area is 156 Å². The summed E-state index contributed by atoms with van der Waals surface area (Å²) >= 11 is 7.56. The molecule has 1 aliphatic rings. The predicted octanol–water partition coefficient (Wildman–Crippen LogP) is 2.68. The Kier molecular flexibility index (Phi) is 6.22. The highest BCUT2D eigenvalue weighted by Gasteiger charge is 2.25. The minimum atomic E-state index is -0.216. The van der Waals surface area contributed by atoms with Crippen molar-refractivity contribution in [3.05, 3.63) is 23.2 Å². The SMILES string of the molecule is COCCn1c(S[C@@H](C)C(=O)N2CCOCC2)nc2cc(Cl)ccc21. The Bertz CT molecular complexity index is 746. The van der Waals surface area contributed by atoms with Crippen LogP contribution in [0.5, 0.6) is 0 Å². The second-order valence-corrected chi connectivity index (χ2v) is 7.61. The van der Waals surface area contributed by atoms with Crippen LogP contribution in [0, 0.1) is 0 Å². The average molecular weight is 384 g/mol. The summed E-state index contributed by atoms with van der Waals surface area (Å²) in [6.45, 7) is 5.69. The highest BCUT2D eigenvalue weighted by Crippen LogP contribution is 2.29. The molecule has 0 saturated carbocycles. The number of carbonyl (C=O) groups is 1. The van der Waals surface area contributed by atoms with Gasteiger partial charge in [-0.2, -0.15) is 0 Å². The van der Waals surface area contributed by atoms with Gasteiger partial charge >= 0.3 is 0 Å². The van der Waals surface area contributed by atoms with Crippen LogP contribution in [0.1, 0.15) is 6.92 Å². The summed E-state index contributed by atoms with van der Waals surface area (Å²) in [6.07, 6.45) is 0. The molecule has 6 nitrogen and oxygen atoms in total. The summed E-state index contributed by atoms with van der Waals surface area (Å²) in [5.41, 5.74) is 1.83. The average Bonchev–Trinajstić information content (AvgIpc) is 2.95. The first-order valence-corrected chi connectivity index (χ1v) is 9.54. The van der Waals surface area contributed by atoms with Crippen LogP contribution in [0.2, 0.25) is 5.02 Å². The molecule has 0 bridgehead atoms. The van der Waals surface area contributed by atoms with E-state index in [9.17, 15) is 4.79 Å². The lowest BCUT2D eigenvalue weighted by molar-refractivity contribution is -0.134. The molecule has 1 aromatic carbocycles. The smallest absolute Gasteiger partial charge is 0.236 e. The quantitative estimate of drug-likeness (QED) is 0.718. The van der Waals surface area contributed by atoms with E-state index in [4.69, 9.17) is 21.1 Å². The number of benzene rings is 1. The lowest BCUT2D eigenvalue weighted by Crippen LogP contribution is -2.44. The highest BCUT2D eigenvalue weighted by molar-refractivity contribution is 8.00. The molecule has 8 heteroatoms. The molecule has 1 aromatic heterocycles. The van der Waals surface area contributed by atoms with E-state index < -0.39 is 0 Å². The molecule has 1 fully saturated rings. The number of fused-ring (bicyclic) bond motifs is 1. The van der Waals surface area contributed by atoms with E-state index in [2.05, 4.69) is 9.55 Å². The molecular weight excluding hydrogens is 362 g/mol. The Morgan fingerprint density at radius 2 is 2.20 bits per heavy atom. The van der Waals surface area contributed by atoms with Crippen molar-refractivity contribution in [3.8, 4) is 0 Å². The third-order valence-electron chi connectivity index (χ3n) is 4.15. The molecule has 3 rings (SSSR count). The molecule has 2 heterocycles. The number of hydrogen-bond acceptors (Lipinski definition) is 5. The molecular formula is C17H22ClN3O3S. The van der Waals surface area contributed by atoms with E-state index in [0.29, 0.717) is 44.5 Å². The minimum absolute atomic E-state index is 0.122. The maximum Gasteiger partial charge on any atom is 0.236 e. The van der Waals surface area contributed by atoms with Crippen LogP contribution in [0.15, 0.2) is 23.4 Å². The van der Waals surface area contributed by atoms with Gasteiger partial charge in [-0.25, -0.2) is 4.98 Å². The standard InChI is InChI=1S/C17H22ClN3O3S/c1-12(16(22)20-5-9-24-10-6-20)25-17-19-14-11-13(18)3-4-15(14)21(17)7-8-23-2/h3-4,11-12H,5-10H2,1-2H3/t12-/m0/s1. The van der Waals surface area contributed by atoms with E-state index in [1.165, 1.54) is 11.8 Å². The largest absolute Gasteiger partial charge is 0.383 e. The summed E-state index contributed by atoms with van der Waals surface area (Å²) in [5.74, 6) is 0.122. The van der Waals surface area contributed by atoms with Crippen molar-refractivity contribution in [2.45, 2.75) is 23.9 Å². The second-order valence-electron chi connectivity index (χ2n) is 5.87. The van der Waals surface area contributed by atoms with Crippen molar-refractivity contribution in [2.75, 3.05) is 40.0 Å². The summed E-state index contributed by atoms with van der Waals surface area (Å²) in [6, 6.07) is 5.66. The normalized spacial score (nSPS) is 16.4. The number of halogens is 1. The molecule has 1 saturated heterocycles. The number of nitrogens with zero attached hydrogens (tertiary/aromatic N) is 3. The van der Waals surface area contributed by atoms with Crippen LogP contribution >= 0.6 is 23.4 Å². The molecule has 1 atom stereocenters. The van der Waals surface area contributed by atoms with Gasteiger partial charge < -0.3 is 18.9 Å². The molecule has 0 N–H and O–H groups in total. The molecule has 25 heavy (non-hydrogen) atoms. The summed E-state index contributed by atoms with van der Waals surface area (Å²) in [7, 11) is 1.67. The van der Waals surface area contributed by atoms with E-state index in [-0.39, 0.29) is 11.2 Å². The van der Waals surface area contributed by atoms with Gasteiger partial charge in [0.25, 0.3) is 0 Å². The number of amides is 1. The van der Waals surface area contributed by atoms with Gasteiger partial charge in [-0.3, -0.25) is 4.79 Å². The number of hydrogen-bond donors (Lipinski definition) is 0. The first kappa shape index (κ1) is 18.5. The topological polar surface area (TPSA) is 56.6 Å². The van der Waals surface area contributed by atoms with Crippen molar-refractivity contribution in [1.29, 1.82) is 0 Å². The molecule has 2 aromatic rings. The van der Waals surface area contributed by atoms with Crippen LogP contribution in [0.25, 0.3) is 11.0 Å². The number of thioether (sulfide) groups is 1. The molecule has 0 unspecified atom stereocenters. The molecule has 136 valence electrons. The Balaban J connectivity index is 1.82. The van der Waals surface area contributed by atoms with Crippen LogP contribution in [0.3, 0.4) is 0 Å². The first-order valence-electron chi connectivity index (χ1n) is 8.28. The molecule has 0 aliphatic carbocycles. The van der Waals surface area contributed by atoms with E-state index in [1.807, 2.05) is 30.0 Å². The molecule has 0 spiro atoms. The highest BCUT2D eigenvalue weighted by atomic mass is 35.5. The third kappa shape index (κ3) is 4.28. The lowest BCUT2D eigenvalue weighted by atomic mass is 10.3. The van der Waals surface area contributed by atoms with Gasteiger partial charge in [0, 0.05) is 31.8 Å². The van der Waals surface area contributed by atoms with Crippen molar-refractivity contribution < 1.29 is 14.3 Å². The van der Waals surface area contributed by atoms with Crippen molar-refractivity contribution >= 4 is 40.3 Å². The number of methoxy groups -OCH3 is 1. The number of morpholine rings is 1. The molecule has 1 aliphatic heterocycles. The number of carbonyl (C=O) groups excluding carboxylic acids is 1. The zero-order valence-electron chi connectivity index (χ0n) is 14.4. The lowest BCUT2D eigenvalue weighted by Gasteiger charge is -2.29. The number of imidazole rings is 1. The van der Waals surface area contributed by atoms with Crippen molar-refractivity contribution in [2.24, 2.45) is 0 Å². The maximum absolute atomic E-state index is 12.7. The van der Waals surface area contributed by atoms with Gasteiger partial charge in [0.1, 0.15) is 0 Å². The molecule has 1 amide bonds. The zero-order chi connectivity index (χ0) is 17.8. The van der Waals surface area contributed by atoms with Crippen LogP contribution in [0.4, 0.5) is 0 Å². The summed E-state index contributed by atoms with van der Waals surface area (Å²) in [4.78, 5) is 19.2. The van der Waals surface area contributed by atoms with Gasteiger partial charge in [-0.05, 0) is 25.1 Å². The van der Waals surface area contributed by atoms with Crippen molar-refractivity contribution in [3.63, 3.8) is 0 Å². The Morgan fingerprint density at radius 3 is 2.92 bits per heavy atom. The summed E-state index contributed by atoms with van der Waals surface area (Å²) < 4.78 is 12.6. The Morgan fingerprint density at radius 1 is 1.44 bits per heavy atom. The van der Waals surface area contributed by atoms with Gasteiger partial charge in [0.15, 0.2) is 5.16 Å². The minimum Gasteiger partial charge on any atom is -0.383 e. The fraction of sp³-hybridized carbons (Fsp3) is 0.529. The first-order chi connectivity index (χ1) is 12.1. The van der Waals surface area contributed by atoms with E-state index >= 15 is 0 Å². The Hall–Kier alpha value is -1.28. The monoisotopic (exact) mass is 383 g/mol. The summed E-state index contributed by atoms with van der Waals surface area (Å²) in [5, 5.41) is 1.24. The predicted molar refractivity (Wildman–Crippen MR) is 99.3 cm³/mol. The van der Waals surface area contributed by atoms with Crippen LogP contribution in [-0.2, 0) is 20.8 Å².